The van der Waals surface area contributed by atoms with E-state index in [0.717, 1.165) is 28.1 Å². The maximum Gasteiger partial charge on any atom is 0.256 e. The highest BCUT2D eigenvalue weighted by molar-refractivity contribution is 6.03. The van der Waals surface area contributed by atoms with E-state index in [9.17, 15) is 4.79 Å². The average molecular weight is 382 g/mol. The Labute approximate surface area is 170 Å². The van der Waals surface area contributed by atoms with Crippen LogP contribution in [-0.2, 0) is 6.54 Å². The van der Waals surface area contributed by atoms with E-state index >= 15 is 0 Å². The van der Waals surface area contributed by atoms with Crippen molar-refractivity contribution in [3.05, 3.63) is 102 Å². The largest absolute Gasteiger partial charge is 0.307 e. The van der Waals surface area contributed by atoms with Crippen LogP contribution in [0.3, 0.4) is 0 Å². The van der Waals surface area contributed by atoms with Gasteiger partial charge in [0.15, 0.2) is 0 Å². The summed E-state index contributed by atoms with van der Waals surface area (Å²) < 4.78 is 1.94. The normalized spacial score (nSPS) is 10.7. The van der Waals surface area contributed by atoms with E-state index in [0.29, 0.717) is 17.9 Å². The van der Waals surface area contributed by atoms with Gasteiger partial charge in [0.2, 0.25) is 0 Å². The van der Waals surface area contributed by atoms with Crippen LogP contribution < -0.4 is 5.32 Å². The number of aryl methyl sites for hydroxylation is 2. The summed E-state index contributed by atoms with van der Waals surface area (Å²) in [6.45, 7) is 4.63. The lowest BCUT2D eigenvalue weighted by Gasteiger charge is -2.09. The number of amides is 1. The van der Waals surface area contributed by atoms with Crippen molar-refractivity contribution in [3.63, 3.8) is 0 Å². The molecule has 144 valence electrons. The zero-order chi connectivity index (χ0) is 20.2. The molecular formula is C24H22N4O. The average Bonchev–Trinajstić information content (AvgIpc) is 3.06. The Kier molecular flexibility index (Phi) is 5.20. The van der Waals surface area contributed by atoms with Gasteiger partial charge in [-0.3, -0.25) is 9.48 Å². The SMILES string of the molecule is Cc1cc(C)n(Cc2cccc(C(=O)Nc3ccc(-c4ccccc4)cn3)c2)n1. The molecule has 2 heterocycles. The fourth-order valence-electron chi connectivity index (χ4n) is 3.28. The number of benzene rings is 2. The second kappa shape index (κ2) is 8.10. The molecule has 5 nitrogen and oxygen atoms in total. The molecular weight excluding hydrogens is 360 g/mol. The molecule has 0 radical (unpaired) electrons. The van der Waals surface area contributed by atoms with Crippen molar-refractivity contribution < 1.29 is 4.79 Å². The van der Waals surface area contributed by atoms with Gasteiger partial charge in [-0.2, -0.15) is 5.10 Å². The fraction of sp³-hybridized carbons (Fsp3) is 0.125. The van der Waals surface area contributed by atoms with Crippen molar-refractivity contribution >= 4 is 11.7 Å². The van der Waals surface area contributed by atoms with E-state index in [-0.39, 0.29) is 5.91 Å². The lowest BCUT2D eigenvalue weighted by molar-refractivity contribution is 0.102. The third-order valence-electron chi connectivity index (χ3n) is 4.74. The van der Waals surface area contributed by atoms with Crippen LogP contribution in [0.5, 0.6) is 0 Å². The number of carbonyl (C=O) groups is 1. The Morgan fingerprint density at radius 3 is 2.45 bits per heavy atom. The number of rotatable bonds is 5. The first kappa shape index (κ1) is 18.6. The molecule has 1 amide bonds. The van der Waals surface area contributed by atoms with E-state index in [4.69, 9.17) is 0 Å². The first-order valence-corrected chi connectivity index (χ1v) is 9.51. The van der Waals surface area contributed by atoms with Crippen LogP contribution in [0.1, 0.15) is 27.3 Å². The molecule has 0 aliphatic carbocycles. The van der Waals surface area contributed by atoms with Gasteiger partial charge in [-0.1, -0.05) is 42.5 Å². The Balaban J connectivity index is 1.46. The topological polar surface area (TPSA) is 59.8 Å². The van der Waals surface area contributed by atoms with Crippen LogP contribution in [0.15, 0.2) is 79.0 Å². The van der Waals surface area contributed by atoms with Gasteiger partial charge < -0.3 is 5.32 Å². The summed E-state index contributed by atoms with van der Waals surface area (Å²) in [5.74, 6) is 0.346. The minimum absolute atomic E-state index is 0.180. The summed E-state index contributed by atoms with van der Waals surface area (Å²) in [4.78, 5) is 17.1. The first-order valence-electron chi connectivity index (χ1n) is 9.51. The molecule has 5 heteroatoms. The first-order chi connectivity index (χ1) is 14.1. The predicted octanol–water partition coefficient (Wildman–Crippen LogP) is 4.86. The van der Waals surface area contributed by atoms with E-state index in [1.165, 1.54) is 0 Å². The zero-order valence-electron chi connectivity index (χ0n) is 16.5. The smallest absolute Gasteiger partial charge is 0.256 e. The molecule has 0 aliphatic heterocycles. The van der Waals surface area contributed by atoms with Gasteiger partial charge in [0.25, 0.3) is 5.91 Å². The quantitative estimate of drug-likeness (QED) is 0.536. The number of nitrogens with zero attached hydrogens (tertiary/aromatic N) is 3. The minimum atomic E-state index is -0.180. The van der Waals surface area contributed by atoms with Crippen LogP contribution >= 0.6 is 0 Å². The molecule has 0 saturated heterocycles. The van der Waals surface area contributed by atoms with E-state index < -0.39 is 0 Å². The summed E-state index contributed by atoms with van der Waals surface area (Å²) in [6.07, 6.45) is 1.77. The van der Waals surface area contributed by atoms with Gasteiger partial charge >= 0.3 is 0 Å². The molecule has 0 bridgehead atoms. The highest BCUT2D eigenvalue weighted by Crippen LogP contribution is 2.19. The standard InChI is InChI=1S/C24H22N4O/c1-17-13-18(2)28(27-17)16-19-7-6-10-21(14-19)24(29)26-23-12-11-22(15-25-23)20-8-4-3-5-9-20/h3-15H,16H2,1-2H3,(H,25,26,29). The number of hydrogen-bond acceptors (Lipinski definition) is 3. The second-order valence-corrected chi connectivity index (χ2v) is 7.04. The Morgan fingerprint density at radius 1 is 0.931 bits per heavy atom. The molecule has 0 unspecified atom stereocenters. The van der Waals surface area contributed by atoms with Gasteiger partial charge in [-0.05, 0) is 55.3 Å². The number of nitrogens with one attached hydrogen (secondary N) is 1. The molecule has 0 fully saturated rings. The fourth-order valence-corrected chi connectivity index (χ4v) is 3.28. The number of aromatic nitrogens is 3. The summed E-state index contributed by atoms with van der Waals surface area (Å²) >= 11 is 0. The van der Waals surface area contributed by atoms with Crippen molar-refractivity contribution in [1.29, 1.82) is 0 Å². The zero-order valence-corrected chi connectivity index (χ0v) is 16.5. The lowest BCUT2D eigenvalue weighted by Crippen LogP contribution is -2.13. The summed E-state index contributed by atoms with van der Waals surface area (Å²) in [5.41, 5.74) is 5.81. The molecule has 0 aliphatic rings. The Hall–Kier alpha value is -3.73. The van der Waals surface area contributed by atoms with E-state index in [2.05, 4.69) is 15.4 Å². The monoisotopic (exact) mass is 382 g/mol. The third-order valence-corrected chi connectivity index (χ3v) is 4.74. The summed E-state index contributed by atoms with van der Waals surface area (Å²) in [6, 6.07) is 23.4. The second-order valence-electron chi connectivity index (χ2n) is 7.04. The molecule has 1 N–H and O–H groups in total. The maximum atomic E-state index is 12.7. The number of anilines is 1. The highest BCUT2D eigenvalue weighted by Gasteiger charge is 2.09. The van der Waals surface area contributed by atoms with Gasteiger partial charge in [0, 0.05) is 23.0 Å². The molecule has 2 aromatic heterocycles. The third kappa shape index (κ3) is 4.41. The van der Waals surface area contributed by atoms with Gasteiger partial charge in [0.05, 0.1) is 12.2 Å². The molecule has 2 aromatic carbocycles. The van der Waals surface area contributed by atoms with Crippen molar-refractivity contribution in [2.24, 2.45) is 0 Å². The van der Waals surface area contributed by atoms with Crippen molar-refractivity contribution in [2.45, 2.75) is 20.4 Å². The van der Waals surface area contributed by atoms with Crippen molar-refractivity contribution in [2.75, 3.05) is 5.32 Å². The Bertz CT molecular complexity index is 1130. The molecule has 4 aromatic rings. The van der Waals surface area contributed by atoms with Crippen LogP contribution in [0.25, 0.3) is 11.1 Å². The lowest BCUT2D eigenvalue weighted by atomic mass is 10.1. The van der Waals surface area contributed by atoms with E-state index in [1.807, 2.05) is 85.3 Å². The van der Waals surface area contributed by atoms with Gasteiger partial charge in [0.1, 0.15) is 5.82 Å². The van der Waals surface area contributed by atoms with Crippen LogP contribution in [0, 0.1) is 13.8 Å². The maximum absolute atomic E-state index is 12.7. The summed E-state index contributed by atoms with van der Waals surface area (Å²) in [7, 11) is 0. The van der Waals surface area contributed by atoms with Crippen molar-refractivity contribution in [1.82, 2.24) is 14.8 Å². The molecule has 0 spiro atoms. The number of carbonyl (C=O) groups excluding carboxylic acids is 1. The van der Waals surface area contributed by atoms with Crippen LogP contribution in [0.2, 0.25) is 0 Å². The molecule has 29 heavy (non-hydrogen) atoms. The minimum Gasteiger partial charge on any atom is -0.307 e. The predicted molar refractivity (Wildman–Crippen MR) is 115 cm³/mol. The molecule has 0 atom stereocenters. The summed E-state index contributed by atoms with van der Waals surface area (Å²) in [5, 5.41) is 7.36. The van der Waals surface area contributed by atoms with Gasteiger partial charge in [-0.15, -0.1) is 0 Å². The molecule has 4 rings (SSSR count). The van der Waals surface area contributed by atoms with Crippen LogP contribution in [-0.4, -0.2) is 20.7 Å². The molecule has 0 saturated carbocycles. The van der Waals surface area contributed by atoms with Gasteiger partial charge in [-0.25, -0.2) is 4.98 Å². The highest BCUT2D eigenvalue weighted by atomic mass is 16.1. The van der Waals surface area contributed by atoms with Crippen molar-refractivity contribution in [3.8, 4) is 11.1 Å². The Morgan fingerprint density at radius 2 is 1.76 bits per heavy atom. The number of pyridine rings is 1. The number of hydrogen-bond donors (Lipinski definition) is 1. The van der Waals surface area contributed by atoms with Crippen LogP contribution in [0.4, 0.5) is 5.82 Å². The van der Waals surface area contributed by atoms with E-state index in [1.54, 1.807) is 12.3 Å².